The first kappa shape index (κ1) is 10.6. The fourth-order valence-electron chi connectivity index (χ4n) is 1.20. The normalized spacial score (nSPS) is 10.7. The Balaban J connectivity index is 2.20. The second-order valence-electron chi connectivity index (χ2n) is 2.94. The van der Waals surface area contributed by atoms with Crippen LogP contribution in [0.25, 0.3) is 0 Å². The van der Waals surface area contributed by atoms with Gasteiger partial charge in [0, 0.05) is 0 Å². The van der Waals surface area contributed by atoms with E-state index in [1.54, 1.807) is 0 Å². The van der Waals surface area contributed by atoms with Gasteiger partial charge in [-0.3, -0.25) is 0 Å². The molecule has 0 spiro atoms. The van der Waals surface area contributed by atoms with Crippen LogP contribution in [-0.4, -0.2) is 76.7 Å². The lowest BCUT2D eigenvalue weighted by atomic mass is 10.7. The molecule has 0 aliphatic carbocycles. The third-order valence-electron chi connectivity index (χ3n) is 1.91. The zero-order chi connectivity index (χ0) is 13.4. The third-order valence-corrected chi connectivity index (χ3v) is 1.91. The van der Waals surface area contributed by atoms with Gasteiger partial charge >= 0.3 is 0 Å². The molecule has 0 saturated heterocycles. The molecule has 3 heterocycles. The number of tetrazole rings is 3. The van der Waals surface area contributed by atoms with Gasteiger partial charge in [0.15, 0.2) is 0 Å². The van der Waals surface area contributed by atoms with Crippen LogP contribution in [-0.2, 0) is 0 Å². The molecule has 19 heavy (non-hydrogen) atoms. The van der Waals surface area contributed by atoms with Crippen molar-refractivity contribution in [1.29, 1.82) is 0 Å². The minimum Gasteiger partial charge on any atom is -0.408 e. The molecule has 0 saturated carbocycles. The summed E-state index contributed by atoms with van der Waals surface area (Å²) in [5.74, 6) is -1.14. The Morgan fingerprint density at radius 2 is 0.947 bits per heavy atom. The summed E-state index contributed by atoms with van der Waals surface area (Å²) in [6.45, 7) is 0. The zero-order valence-electron chi connectivity index (χ0n) is 8.66. The predicted octanol–water partition coefficient (Wildman–Crippen LogP) is -3.17. The molecule has 0 radical (unpaired) electrons. The molecule has 0 aromatic carbocycles. The maximum absolute atomic E-state index is 9.42. The highest BCUT2D eigenvalue weighted by Gasteiger charge is 2.30. The van der Waals surface area contributed by atoms with E-state index in [-0.39, 0.29) is 32.4 Å². The average Bonchev–Trinajstić information content (AvgIpc) is 3.07. The van der Waals surface area contributed by atoms with E-state index in [9.17, 15) is 15.6 Å². The van der Waals surface area contributed by atoms with E-state index in [1.165, 1.54) is 0 Å². The van der Waals surface area contributed by atoms with Crippen LogP contribution in [0.5, 0.6) is 0 Å². The highest BCUT2D eigenvalue weighted by atomic mass is 16.5. The highest BCUT2D eigenvalue weighted by molar-refractivity contribution is 5.60. The molecule has 0 atom stereocenters. The summed E-state index contributed by atoms with van der Waals surface area (Å²) in [5, 5.41) is 57.6. The van der Waals surface area contributed by atoms with E-state index in [4.69, 9.17) is 0 Å². The topological polar surface area (TPSA) is 195 Å². The number of hydrogen-bond donors (Lipinski definition) is 3. The summed E-state index contributed by atoms with van der Waals surface area (Å²) in [4.78, 5) is 1.51. The molecule has 3 rings (SSSR count). The third kappa shape index (κ3) is 1.50. The molecule has 0 amide bonds. The van der Waals surface area contributed by atoms with Crippen molar-refractivity contribution in [3.05, 3.63) is 0 Å². The Labute approximate surface area is 101 Å². The lowest BCUT2D eigenvalue weighted by molar-refractivity contribution is 0.133. The SMILES string of the molecule is On1nnnc1N(c1nnnn1O)c1nnnn1O. The van der Waals surface area contributed by atoms with Gasteiger partial charge in [-0.2, -0.15) is 0 Å². The van der Waals surface area contributed by atoms with Gasteiger partial charge in [0.2, 0.25) is 0 Å². The van der Waals surface area contributed by atoms with E-state index in [0.717, 1.165) is 4.90 Å². The Morgan fingerprint density at radius 3 is 1.16 bits per heavy atom. The molecule has 3 N–H and O–H groups in total. The van der Waals surface area contributed by atoms with Gasteiger partial charge in [-0.1, -0.05) is 15.3 Å². The monoisotopic (exact) mass is 269 g/mol. The van der Waals surface area contributed by atoms with Gasteiger partial charge < -0.3 is 15.6 Å². The quantitative estimate of drug-likeness (QED) is 0.403. The number of hydrogen-bond acceptors (Lipinski definition) is 13. The number of aromatic nitrogens is 12. The van der Waals surface area contributed by atoms with Gasteiger partial charge in [0.25, 0.3) is 17.8 Å². The van der Waals surface area contributed by atoms with Crippen molar-refractivity contribution in [2.75, 3.05) is 4.90 Å². The molecular formula is C3H3N13O3. The van der Waals surface area contributed by atoms with Crippen LogP contribution in [0.4, 0.5) is 17.8 Å². The smallest absolute Gasteiger partial charge is 0.297 e. The molecule has 98 valence electrons. The van der Waals surface area contributed by atoms with Crippen molar-refractivity contribution in [3.8, 4) is 0 Å². The van der Waals surface area contributed by atoms with Crippen LogP contribution >= 0.6 is 0 Å². The van der Waals surface area contributed by atoms with Crippen LogP contribution in [0.1, 0.15) is 0 Å². The van der Waals surface area contributed by atoms with E-state index in [0.29, 0.717) is 0 Å². The second kappa shape index (κ2) is 3.72. The van der Waals surface area contributed by atoms with Gasteiger partial charge in [-0.15, -0.1) is 0 Å². The van der Waals surface area contributed by atoms with E-state index >= 15 is 0 Å². The molecule has 16 nitrogen and oxygen atoms in total. The van der Waals surface area contributed by atoms with Crippen molar-refractivity contribution in [2.24, 2.45) is 0 Å². The van der Waals surface area contributed by atoms with Crippen molar-refractivity contribution >= 4 is 17.8 Å². The van der Waals surface area contributed by atoms with Crippen LogP contribution < -0.4 is 4.90 Å². The van der Waals surface area contributed by atoms with Crippen molar-refractivity contribution in [3.63, 3.8) is 0 Å². The van der Waals surface area contributed by atoms with Crippen LogP contribution in [0.2, 0.25) is 0 Å². The first-order valence-electron chi connectivity index (χ1n) is 4.41. The van der Waals surface area contributed by atoms with E-state index < -0.39 is 0 Å². The van der Waals surface area contributed by atoms with Crippen molar-refractivity contribution < 1.29 is 15.6 Å². The Kier molecular flexibility index (Phi) is 2.06. The summed E-state index contributed by atoms with van der Waals surface area (Å²) in [6.07, 6.45) is 0. The molecule has 0 fully saturated rings. The molecule has 0 unspecified atom stereocenters. The zero-order valence-corrected chi connectivity index (χ0v) is 8.66. The number of nitrogens with zero attached hydrogens (tertiary/aromatic N) is 13. The van der Waals surface area contributed by atoms with Gasteiger partial charge in [-0.25, -0.2) is 4.90 Å². The lowest BCUT2D eigenvalue weighted by Crippen LogP contribution is -2.22. The summed E-state index contributed by atoms with van der Waals surface area (Å²) in [6, 6.07) is 0. The molecule has 0 aliphatic rings. The predicted molar refractivity (Wildman–Crippen MR) is 46.8 cm³/mol. The van der Waals surface area contributed by atoms with Gasteiger partial charge in [0.1, 0.15) is 0 Å². The molecule has 3 aromatic rings. The molecule has 0 aliphatic heterocycles. The van der Waals surface area contributed by atoms with Crippen molar-refractivity contribution in [2.45, 2.75) is 0 Å². The Hall–Kier alpha value is -3.59. The van der Waals surface area contributed by atoms with Crippen LogP contribution in [0.15, 0.2) is 0 Å². The minimum absolute atomic E-state index is 0.239. The van der Waals surface area contributed by atoms with E-state index in [1.807, 2.05) is 0 Å². The molecular weight excluding hydrogens is 266 g/mol. The van der Waals surface area contributed by atoms with Crippen molar-refractivity contribution in [1.82, 2.24) is 61.1 Å². The number of anilines is 3. The summed E-state index contributed by atoms with van der Waals surface area (Å²) in [5.41, 5.74) is 0. The fraction of sp³-hybridized carbons (Fsp3) is 0. The Morgan fingerprint density at radius 1 is 0.632 bits per heavy atom. The average molecular weight is 269 g/mol. The van der Waals surface area contributed by atoms with Crippen LogP contribution in [0.3, 0.4) is 0 Å². The first-order chi connectivity index (χ1) is 9.18. The minimum atomic E-state index is -0.379. The number of rotatable bonds is 3. The lowest BCUT2D eigenvalue weighted by Gasteiger charge is -2.14. The van der Waals surface area contributed by atoms with Gasteiger partial charge in [0.05, 0.1) is 0 Å². The largest absolute Gasteiger partial charge is 0.408 e. The fourth-order valence-corrected chi connectivity index (χ4v) is 1.20. The van der Waals surface area contributed by atoms with Gasteiger partial charge in [-0.05, 0) is 45.8 Å². The summed E-state index contributed by atoms with van der Waals surface area (Å²) >= 11 is 0. The molecule has 0 bridgehead atoms. The molecule has 16 heteroatoms. The second-order valence-corrected chi connectivity index (χ2v) is 2.94. The summed E-state index contributed by atoms with van der Waals surface area (Å²) < 4.78 is 0. The maximum atomic E-state index is 9.42. The standard InChI is InChI=1S/C3H3N13O3/c17-14-1(4-7-10-14)13(2-5-8-11-15(2)18)3-6-9-12-16(3)19/h17-19H. The van der Waals surface area contributed by atoms with E-state index in [2.05, 4.69) is 46.6 Å². The molecule has 3 aromatic heterocycles. The maximum Gasteiger partial charge on any atom is 0.297 e. The Bertz CT molecular complexity index is 600. The highest BCUT2D eigenvalue weighted by Crippen LogP contribution is 2.26. The summed E-state index contributed by atoms with van der Waals surface area (Å²) in [7, 11) is 0. The van der Waals surface area contributed by atoms with Crippen LogP contribution in [0, 0.1) is 0 Å². The first-order valence-corrected chi connectivity index (χ1v) is 4.41.